The molecule has 1 aliphatic heterocycles. The number of carbonyl (C=O) groups excluding carboxylic acids is 1. The summed E-state index contributed by atoms with van der Waals surface area (Å²) >= 11 is 0. The van der Waals surface area contributed by atoms with Gasteiger partial charge in [-0.1, -0.05) is 6.07 Å². The van der Waals surface area contributed by atoms with Gasteiger partial charge in [-0.15, -0.1) is 24.0 Å². The van der Waals surface area contributed by atoms with Crippen molar-refractivity contribution >= 4 is 35.8 Å². The summed E-state index contributed by atoms with van der Waals surface area (Å²) in [5.41, 5.74) is 6.83. The first-order valence-corrected chi connectivity index (χ1v) is 9.79. The van der Waals surface area contributed by atoms with Gasteiger partial charge in [-0.05, 0) is 64.8 Å². The lowest BCUT2D eigenvalue weighted by atomic mass is 9.97. The molecule has 0 saturated carbocycles. The van der Waals surface area contributed by atoms with Crippen LogP contribution >= 0.6 is 24.0 Å². The zero-order chi connectivity index (χ0) is 19.7. The largest absolute Gasteiger partial charge is 0.370 e. The number of hydrogen-bond acceptors (Lipinski definition) is 4. The third kappa shape index (κ3) is 10.2. The Kier molecular flexibility index (Phi) is 10.7. The number of piperidine rings is 1. The van der Waals surface area contributed by atoms with E-state index in [4.69, 9.17) is 5.73 Å². The number of guanidine groups is 1. The van der Waals surface area contributed by atoms with Crippen molar-refractivity contribution in [3.8, 4) is 0 Å². The van der Waals surface area contributed by atoms with Crippen molar-refractivity contribution in [2.45, 2.75) is 45.6 Å². The van der Waals surface area contributed by atoms with Gasteiger partial charge < -0.3 is 16.4 Å². The highest BCUT2D eigenvalue weighted by molar-refractivity contribution is 14.0. The monoisotopic (exact) mass is 502 g/mol. The molecule has 0 spiro atoms. The molecular formula is C20H35IN6O. The molecule has 1 aromatic rings. The van der Waals surface area contributed by atoms with Crippen molar-refractivity contribution in [1.82, 2.24) is 20.5 Å². The molecule has 1 saturated heterocycles. The molecule has 0 atom stereocenters. The van der Waals surface area contributed by atoms with Gasteiger partial charge in [-0.2, -0.15) is 0 Å². The Balaban J connectivity index is 0.00000392. The van der Waals surface area contributed by atoms with Crippen LogP contribution in [-0.2, 0) is 11.2 Å². The van der Waals surface area contributed by atoms with Gasteiger partial charge in [0.15, 0.2) is 5.96 Å². The summed E-state index contributed by atoms with van der Waals surface area (Å²) in [6, 6.07) is 5.90. The number of likely N-dealkylation sites (tertiary alicyclic amines) is 1. The van der Waals surface area contributed by atoms with E-state index >= 15 is 0 Å². The van der Waals surface area contributed by atoms with E-state index in [2.05, 4.69) is 25.5 Å². The fourth-order valence-electron chi connectivity index (χ4n) is 3.14. The molecule has 0 aromatic carbocycles. The van der Waals surface area contributed by atoms with E-state index in [1.54, 1.807) is 6.20 Å². The van der Waals surface area contributed by atoms with Gasteiger partial charge in [-0.25, -0.2) is 0 Å². The average Bonchev–Trinajstić information content (AvgIpc) is 2.60. The van der Waals surface area contributed by atoms with Gasteiger partial charge in [0.1, 0.15) is 0 Å². The molecule has 0 bridgehead atoms. The summed E-state index contributed by atoms with van der Waals surface area (Å²) in [7, 11) is 0. The number of carbonyl (C=O) groups is 1. The molecule has 1 aromatic heterocycles. The number of nitrogens with one attached hydrogen (secondary N) is 2. The van der Waals surface area contributed by atoms with E-state index in [1.165, 1.54) is 0 Å². The highest BCUT2D eigenvalue weighted by Crippen LogP contribution is 2.17. The third-order valence-electron chi connectivity index (χ3n) is 4.52. The molecule has 28 heavy (non-hydrogen) atoms. The number of nitrogens with zero attached hydrogens (tertiary/aromatic N) is 3. The lowest BCUT2D eigenvalue weighted by Crippen LogP contribution is -2.47. The maximum atomic E-state index is 12.0. The number of halogens is 1. The van der Waals surface area contributed by atoms with Crippen LogP contribution in [0.1, 0.15) is 39.3 Å². The van der Waals surface area contributed by atoms with Gasteiger partial charge in [0.2, 0.25) is 5.91 Å². The van der Waals surface area contributed by atoms with Crippen LogP contribution in [0, 0.1) is 5.92 Å². The smallest absolute Gasteiger partial charge is 0.234 e. The predicted octanol–water partition coefficient (Wildman–Crippen LogP) is 1.77. The number of amides is 1. The second kappa shape index (κ2) is 12.2. The second-order valence-electron chi connectivity index (χ2n) is 8.24. The SMILES string of the molecule is CC(C)(C)NC(=O)CN1CCC(CN=C(N)NCCc2ccccn2)CC1.I. The van der Waals surface area contributed by atoms with E-state index in [0.717, 1.165) is 51.1 Å². The summed E-state index contributed by atoms with van der Waals surface area (Å²) in [5.74, 6) is 1.13. The van der Waals surface area contributed by atoms with Gasteiger partial charge in [-0.3, -0.25) is 19.7 Å². The maximum Gasteiger partial charge on any atom is 0.234 e. The van der Waals surface area contributed by atoms with Crippen molar-refractivity contribution in [1.29, 1.82) is 0 Å². The summed E-state index contributed by atoms with van der Waals surface area (Å²) in [4.78, 5) is 23.0. The van der Waals surface area contributed by atoms with Crippen molar-refractivity contribution in [3.05, 3.63) is 30.1 Å². The van der Waals surface area contributed by atoms with Crippen LogP contribution in [0.15, 0.2) is 29.4 Å². The number of rotatable bonds is 7. The Morgan fingerprint density at radius 2 is 2.04 bits per heavy atom. The van der Waals surface area contributed by atoms with Crippen molar-refractivity contribution in [2.24, 2.45) is 16.6 Å². The van der Waals surface area contributed by atoms with E-state index in [0.29, 0.717) is 18.4 Å². The molecule has 158 valence electrons. The molecule has 1 amide bonds. The summed E-state index contributed by atoms with van der Waals surface area (Å²) in [6.07, 6.45) is 4.72. The summed E-state index contributed by atoms with van der Waals surface area (Å²) in [5, 5.41) is 6.17. The molecule has 0 radical (unpaired) electrons. The van der Waals surface area contributed by atoms with E-state index < -0.39 is 0 Å². The zero-order valence-electron chi connectivity index (χ0n) is 17.3. The highest BCUT2D eigenvalue weighted by atomic mass is 127. The Morgan fingerprint density at radius 1 is 1.32 bits per heavy atom. The van der Waals surface area contributed by atoms with Gasteiger partial charge >= 0.3 is 0 Å². The minimum absolute atomic E-state index is 0. The van der Waals surface area contributed by atoms with Crippen LogP contribution in [0.4, 0.5) is 0 Å². The first kappa shape index (κ1) is 24.6. The average molecular weight is 502 g/mol. The summed E-state index contributed by atoms with van der Waals surface area (Å²) in [6.45, 7) is 9.83. The highest BCUT2D eigenvalue weighted by Gasteiger charge is 2.22. The molecule has 1 aliphatic rings. The molecule has 1 fully saturated rings. The lowest BCUT2D eigenvalue weighted by Gasteiger charge is -2.31. The minimum atomic E-state index is -0.175. The van der Waals surface area contributed by atoms with Crippen LogP contribution < -0.4 is 16.4 Å². The lowest BCUT2D eigenvalue weighted by molar-refractivity contribution is -0.124. The van der Waals surface area contributed by atoms with Crippen LogP contribution in [0.25, 0.3) is 0 Å². The van der Waals surface area contributed by atoms with Crippen molar-refractivity contribution in [3.63, 3.8) is 0 Å². The maximum absolute atomic E-state index is 12.0. The number of hydrogen-bond donors (Lipinski definition) is 3. The first-order chi connectivity index (χ1) is 12.8. The second-order valence-corrected chi connectivity index (χ2v) is 8.24. The Bertz CT molecular complexity index is 609. The number of nitrogens with two attached hydrogens (primary N) is 1. The molecule has 8 heteroatoms. The molecule has 4 N–H and O–H groups in total. The minimum Gasteiger partial charge on any atom is -0.370 e. The molecular weight excluding hydrogens is 467 g/mol. The Hall–Kier alpha value is -1.42. The van der Waals surface area contributed by atoms with E-state index in [-0.39, 0.29) is 35.4 Å². The molecule has 2 rings (SSSR count). The summed E-state index contributed by atoms with van der Waals surface area (Å²) < 4.78 is 0. The number of aromatic nitrogens is 1. The quantitative estimate of drug-likeness (QED) is 0.300. The molecule has 0 aliphatic carbocycles. The Morgan fingerprint density at radius 3 is 2.64 bits per heavy atom. The number of pyridine rings is 1. The van der Waals surface area contributed by atoms with Crippen LogP contribution in [0.2, 0.25) is 0 Å². The standard InChI is InChI=1S/C20H34N6O.HI/c1-20(2,3)25-18(27)15-26-12-8-16(9-13-26)14-24-19(21)23-11-7-17-6-4-5-10-22-17;/h4-6,10,16H,7-9,11-15H2,1-3H3,(H,25,27)(H3,21,23,24);1H. The molecule has 2 heterocycles. The van der Waals surface area contributed by atoms with Crippen molar-refractivity contribution < 1.29 is 4.79 Å². The first-order valence-electron chi connectivity index (χ1n) is 9.79. The normalized spacial score (nSPS) is 16.3. The van der Waals surface area contributed by atoms with Gasteiger partial charge in [0.25, 0.3) is 0 Å². The van der Waals surface area contributed by atoms with Crippen LogP contribution in [-0.4, -0.2) is 60.0 Å². The third-order valence-corrected chi connectivity index (χ3v) is 4.52. The van der Waals surface area contributed by atoms with Gasteiger partial charge in [0.05, 0.1) is 6.54 Å². The predicted molar refractivity (Wildman–Crippen MR) is 125 cm³/mol. The topological polar surface area (TPSA) is 95.6 Å². The zero-order valence-corrected chi connectivity index (χ0v) is 19.6. The van der Waals surface area contributed by atoms with Crippen LogP contribution in [0.3, 0.4) is 0 Å². The van der Waals surface area contributed by atoms with Gasteiger partial charge in [0, 0.05) is 36.9 Å². The van der Waals surface area contributed by atoms with E-state index in [9.17, 15) is 4.79 Å². The van der Waals surface area contributed by atoms with Crippen molar-refractivity contribution in [2.75, 3.05) is 32.7 Å². The number of aliphatic imine (C=N–C) groups is 1. The molecule has 7 nitrogen and oxygen atoms in total. The fourth-order valence-corrected chi connectivity index (χ4v) is 3.14. The van der Waals surface area contributed by atoms with E-state index in [1.807, 2.05) is 39.0 Å². The fraction of sp³-hybridized carbons (Fsp3) is 0.650. The molecule has 0 unspecified atom stereocenters. The van der Waals surface area contributed by atoms with Crippen LogP contribution in [0.5, 0.6) is 0 Å². The Labute approximate surface area is 186 Å².